The summed E-state index contributed by atoms with van der Waals surface area (Å²) in [6, 6.07) is 6.93. The van der Waals surface area contributed by atoms with Crippen LogP contribution in [0.3, 0.4) is 0 Å². The second-order valence-corrected chi connectivity index (χ2v) is 7.02. The van der Waals surface area contributed by atoms with Crippen LogP contribution in [0, 0.1) is 5.92 Å². The Morgan fingerprint density at radius 2 is 1.75 bits per heavy atom. The van der Waals surface area contributed by atoms with Gasteiger partial charge in [-0.1, -0.05) is 26.0 Å². The average Bonchev–Trinajstić information content (AvgIpc) is 2.92. The monoisotopic (exact) mass is 388 g/mol. The Hall–Kier alpha value is -2.41. The van der Waals surface area contributed by atoms with E-state index in [4.69, 9.17) is 4.74 Å². The van der Waals surface area contributed by atoms with Gasteiger partial charge in [0, 0.05) is 32.8 Å². The van der Waals surface area contributed by atoms with Crippen LogP contribution in [0.15, 0.2) is 29.3 Å². The molecule has 7 nitrogen and oxygen atoms in total. The summed E-state index contributed by atoms with van der Waals surface area (Å²) >= 11 is 0. The van der Waals surface area contributed by atoms with Gasteiger partial charge in [-0.25, -0.2) is 0 Å². The minimum atomic E-state index is -0.235. The molecular weight excluding hydrogens is 356 g/mol. The van der Waals surface area contributed by atoms with E-state index >= 15 is 0 Å². The second-order valence-electron chi connectivity index (χ2n) is 7.02. The van der Waals surface area contributed by atoms with Gasteiger partial charge >= 0.3 is 0 Å². The maximum Gasteiger partial charge on any atom is 0.261 e. The molecule has 0 spiro atoms. The molecule has 0 bridgehead atoms. The maximum atomic E-state index is 12.4. The number of imide groups is 1. The van der Waals surface area contributed by atoms with Crippen LogP contribution in [0.25, 0.3) is 0 Å². The van der Waals surface area contributed by atoms with Crippen molar-refractivity contribution in [2.45, 2.75) is 40.2 Å². The molecule has 0 saturated carbocycles. The molecule has 1 unspecified atom stereocenters. The zero-order valence-corrected chi connectivity index (χ0v) is 17.3. The number of carbonyl (C=O) groups excluding carboxylic acids is 2. The fourth-order valence-corrected chi connectivity index (χ4v) is 3.20. The predicted molar refractivity (Wildman–Crippen MR) is 111 cm³/mol. The van der Waals surface area contributed by atoms with Gasteiger partial charge in [0.05, 0.1) is 17.2 Å². The Bertz CT molecular complexity index is 668. The highest BCUT2D eigenvalue weighted by atomic mass is 16.5. The Kier molecular flexibility index (Phi) is 8.44. The molecular formula is C21H32N4O3. The van der Waals surface area contributed by atoms with Gasteiger partial charge in [-0.15, -0.1) is 0 Å². The van der Waals surface area contributed by atoms with Crippen molar-refractivity contribution in [2.24, 2.45) is 10.9 Å². The van der Waals surface area contributed by atoms with E-state index in [1.54, 1.807) is 24.3 Å². The number of carbonyl (C=O) groups is 2. The summed E-state index contributed by atoms with van der Waals surface area (Å²) in [6.07, 6.45) is 1.04. The normalized spacial score (nSPS) is 15.2. The first-order valence-corrected chi connectivity index (χ1v) is 10.1. The number of benzene rings is 1. The van der Waals surface area contributed by atoms with Crippen LogP contribution in [-0.2, 0) is 4.74 Å². The summed E-state index contributed by atoms with van der Waals surface area (Å²) in [5, 5.41) is 6.39. The molecule has 1 aliphatic rings. The summed E-state index contributed by atoms with van der Waals surface area (Å²) in [7, 11) is 0. The highest BCUT2D eigenvalue weighted by Crippen LogP contribution is 2.21. The smallest absolute Gasteiger partial charge is 0.261 e. The number of hydrogen-bond donors (Lipinski definition) is 2. The zero-order valence-electron chi connectivity index (χ0n) is 17.3. The molecule has 1 atom stereocenters. The lowest BCUT2D eigenvalue weighted by atomic mass is 10.0. The number of nitrogens with one attached hydrogen (secondary N) is 2. The lowest BCUT2D eigenvalue weighted by Gasteiger charge is -2.20. The molecule has 0 aliphatic carbocycles. The summed E-state index contributed by atoms with van der Waals surface area (Å²) in [4.78, 5) is 30.7. The van der Waals surface area contributed by atoms with Crippen molar-refractivity contribution in [3.05, 3.63) is 35.4 Å². The van der Waals surface area contributed by atoms with Crippen molar-refractivity contribution < 1.29 is 14.3 Å². The lowest BCUT2D eigenvalue weighted by Crippen LogP contribution is -2.43. The van der Waals surface area contributed by atoms with Crippen LogP contribution in [-0.4, -0.2) is 61.6 Å². The first-order chi connectivity index (χ1) is 13.5. The van der Waals surface area contributed by atoms with Gasteiger partial charge in [-0.3, -0.25) is 19.5 Å². The number of aliphatic imine (C=N–C) groups is 1. The highest BCUT2D eigenvalue weighted by molar-refractivity contribution is 6.21. The minimum Gasteiger partial charge on any atom is -0.378 e. The molecule has 1 aromatic rings. The Labute approximate surface area is 167 Å². The van der Waals surface area contributed by atoms with Crippen LogP contribution in [0.1, 0.15) is 54.8 Å². The van der Waals surface area contributed by atoms with Crippen LogP contribution >= 0.6 is 0 Å². The Morgan fingerprint density at radius 1 is 1.11 bits per heavy atom. The minimum absolute atomic E-state index is 0.190. The van der Waals surface area contributed by atoms with Gasteiger partial charge in [-0.05, 0) is 38.3 Å². The van der Waals surface area contributed by atoms with E-state index in [0.29, 0.717) is 49.2 Å². The fraction of sp³-hybridized carbons (Fsp3) is 0.571. The Balaban J connectivity index is 1.86. The summed E-state index contributed by atoms with van der Waals surface area (Å²) in [6.45, 7) is 11.1. The quantitative estimate of drug-likeness (QED) is 0.365. The predicted octanol–water partition coefficient (Wildman–Crippen LogP) is 2.29. The second kappa shape index (κ2) is 10.8. The SMILES string of the molecule is CCNC(=NCCC(OCC)C(C)C)NCCN1C(=O)c2ccccc2C1=O. The molecule has 0 aromatic heterocycles. The molecule has 154 valence electrons. The highest BCUT2D eigenvalue weighted by Gasteiger charge is 2.34. The molecule has 0 radical (unpaired) electrons. The number of hydrogen-bond acceptors (Lipinski definition) is 4. The van der Waals surface area contributed by atoms with E-state index in [9.17, 15) is 9.59 Å². The van der Waals surface area contributed by atoms with E-state index in [0.717, 1.165) is 13.0 Å². The fourth-order valence-electron chi connectivity index (χ4n) is 3.20. The third-order valence-electron chi connectivity index (χ3n) is 4.66. The van der Waals surface area contributed by atoms with Gasteiger partial charge in [0.15, 0.2) is 5.96 Å². The van der Waals surface area contributed by atoms with Gasteiger partial charge in [0.1, 0.15) is 0 Å². The van der Waals surface area contributed by atoms with Crippen molar-refractivity contribution in [2.75, 3.05) is 32.8 Å². The standard InChI is InChI=1S/C21H32N4O3/c1-5-22-21(23-12-11-18(15(3)4)28-6-2)24-13-14-25-19(26)16-9-7-8-10-17(16)20(25)27/h7-10,15,18H,5-6,11-14H2,1-4H3,(H2,22,23,24). The molecule has 0 fully saturated rings. The zero-order chi connectivity index (χ0) is 20.5. The Morgan fingerprint density at radius 3 is 2.29 bits per heavy atom. The molecule has 2 N–H and O–H groups in total. The first kappa shape index (κ1) is 21.9. The maximum absolute atomic E-state index is 12.4. The average molecular weight is 389 g/mol. The van der Waals surface area contributed by atoms with E-state index in [1.807, 2.05) is 13.8 Å². The lowest BCUT2D eigenvalue weighted by molar-refractivity contribution is 0.0266. The molecule has 0 saturated heterocycles. The summed E-state index contributed by atoms with van der Waals surface area (Å²) < 4.78 is 5.76. The third kappa shape index (κ3) is 5.55. The number of fused-ring (bicyclic) bond motifs is 1. The van der Waals surface area contributed by atoms with Crippen molar-refractivity contribution in [3.63, 3.8) is 0 Å². The first-order valence-electron chi connectivity index (χ1n) is 10.1. The third-order valence-corrected chi connectivity index (χ3v) is 4.66. The number of ether oxygens (including phenoxy) is 1. The summed E-state index contributed by atoms with van der Waals surface area (Å²) in [5.74, 6) is 0.652. The van der Waals surface area contributed by atoms with Crippen molar-refractivity contribution in [1.29, 1.82) is 0 Å². The van der Waals surface area contributed by atoms with Crippen LogP contribution in [0.5, 0.6) is 0 Å². The number of amides is 2. The van der Waals surface area contributed by atoms with Crippen LogP contribution in [0.2, 0.25) is 0 Å². The van der Waals surface area contributed by atoms with Crippen LogP contribution in [0.4, 0.5) is 0 Å². The largest absolute Gasteiger partial charge is 0.378 e. The molecule has 2 amide bonds. The van der Waals surface area contributed by atoms with E-state index in [-0.39, 0.29) is 17.9 Å². The van der Waals surface area contributed by atoms with Crippen molar-refractivity contribution in [3.8, 4) is 0 Å². The molecule has 1 aliphatic heterocycles. The number of nitrogens with zero attached hydrogens (tertiary/aromatic N) is 2. The van der Waals surface area contributed by atoms with E-state index < -0.39 is 0 Å². The molecule has 7 heteroatoms. The van der Waals surface area contributed by atoms with Gasteiger partial charge < -0.3 is 15.4 Å². The van der Waals surface area contributed by atoms with Gasteiger partial charge in [0.25, 0.3) is 11.8 Å². The van der Waals surface area contributed by atoms with Crippen molar-refractivity contribution >= 4 is 17.8 Å². The topological polar surface area (TPSA) is 83.0 Å². The van der Waals surface area contributed by atoms with Gasteiger partial charge in [0.2, 0.25) is 0 Å². The summed E-state index contributed by atoms with van der Waals surface area (Å²) in [5.41, 5.74) is 0.951. The van der Waals surface area contributed by atoms with Crippen molar-refractivity contribution in [1.82, 2.24) is 15.5 Å². The molecule has 2 rings (SSSR count). The number of guanidine groups is 1. The number of rotatable bonds is 10. The van der Waals surface area contributed by atoms with Gasteiger partial charge in [-0.2, -0.15) is 0 Å². The molecule has 1 heterocycles. The van der Waals surface area contributed by atoms with E-state index in [2.05, 4.69) is 29.5 Å². The molecule has 28 heavy (non-hydrogen) atoms. The van der Waals surface area contributed by atoms with Crippen LogP contribution < -0.4 is 10.6 Å². The van der Waals surface area contributed by atoms with E-state index in [1.165, 1.54) is 4.90 Å². The molecule has 1 aromatic carbocycles.